The van der Waals surface area contributed by atoms with Gasteiger partial charge in [0, 0.05) is 19.3 Å². The lowest BCUT2D eigenvalue weighted by molar-refractivity contribution is -0.167. The number of esters is 3. The van der Waals surface area contributed by atoms with Crippen LogP contribution in [0.2, 0.25) is 0 Å². The molecule has 0 saturated heterocycles. The summed E-state index contributed by atoms with van der Waals surface area (Å²) in [7, 11) is 0. The van der Waals surface area contributed by atoms with E-state index in [2.05, 4.69) is 93.7 Å². The van der Waals surface area contributed by atoms with Crippen LogP contribution in [-0.4, -0.2) is 37.2 Å². The molecule has 6 heteroatoms. The second-order valence-corrected chi connectivity index (χ2v) is 16.3. The lowest BCUT2D eigenvalue weighted by Crippen LogP contribution is -2.30. The average Bonchev–Trinajstić information content (AvgIpc) is 3.24. The summed E-state index contributed by atoms with van der Waals surface area (Å²) in [6.07, 6.45) is 60.2. The normalized spacial score (nSPS) is 12.7. The van der Waals surface area contributed by atoms with Crippen LogP contribution in [0.1, 0.15) is 233 Å². The molecule has 1 atom stereocenters. The molecular weight excluding hydrogens is 745 g/mol. The van der Waals surface area contributed by atoms with Crippen LogP contribution in [0, 0.1) is 0 Å². The van der Waals surface area contributed by atoms with Crippen molar-refractivity contribution in [3.05, 3.63) is 72.9 Å². The van der Waals surface area contributed by atoms with E-state index in [0.29, 0.717) is 19.3 Å². The maximum absolute atomic E-state index is 12.8. The van der Waals surface area contributed by atoms with Gasteiger partial charge in [-0.15, -0.1) is 0 Å². The van der Waals surface area contributed by atoms with Crippen molar-refractivity contribution in [1.82, 2.24) is 0 Å². The minimum Gasteiger partial charge on any atom is -0.462 e. The first-order valence-electron chi connectivity index (χ1n) is 24.9. The summed E-state index contributed by atoms with van der Waals surface area (Å²) in [5.41, 5.74) is 0. The summed E-state index contributed by atoms with van der Waals surface area (Å²) in [6.45, 7) is 6.41. The molecular formula is C54H92O6. The topological polar surface area (TPSA) is 78.9 Å². The Labute approximate surface area is 370 Å². The first-order chi connectivity index (χ1) is 29.5. The maximum atomic E-state index is 12.8. The van der Waals surface area contributed by atoms with Crippen molar-refractivity contribution in [1.29, 1.82) is 0 Å². The summed E-state index contributed by atoms with van der Waals surface area (Å²) in [4.78, 5) is 37.9. The van der Waals surface area contributed by atoms with Crippen molar-refractivity contribution < 1.29 is 28.6 Å². The molecule has 0 heterocycles. The van der Waals surface area contributed by atoms with E-state index in [-0.39, 0.29) is 31.1 Å². The number of allylic oxidation sites excluding steroid dienone is 12. The average molecular weight is 837 g/mol. The predicted molar refractivity (Wildman–Crippen MR) is 256 cm³/mol. The molecule has 0 rings (SSSR count). The molecule has 0 aromatic rings. The predicted octanol–water partition coefficient (Wildman–Crippen LogP) is 16.3. The van der Waals surface area contributed by atoms with Gasteiger partial charge in [-0.1, -0.05) is 184 Å². The molecule has 0 radical (unpaired) electrons. The molecule has 0 bridgehead atoms. The minimum absolute atomic E-state index is 0.0894. The molecule has 0 aromatic heterocycles. The van der Waals surface area contributed by atoms with Gasteiger partial charge in [-0.3, -0.25) is 14.4 Å². The highest BCUT2D eigenvalue weighted by molar-refractivity contribution is 5.71. The third kappa shape index (κ3) is 45.9. The summed E-state index contributed by atoms with van der Waals surface area (Å²) >= 11 is 0. The molecule has 1 unspecified atom stereocenters. The van der Waals surface area contributed by atoms with Crippen LogP contribution in [0.4, 0.5) is 0 Å². The molecule has 0 aliphatic carbocycles. The minimum atomic E-state index is -0.788. The Balaban J connectivity index is 4.40. The maximum Gasteiger partial charge on any atom is 0.306 e. The summed E-state index contributed by atoms with van der Waals surface area (Å²) in [5.74, 6) is -0.924. The Morgan fingerprint density at radius 2 is 0.683 bits per heavy atom. The van der Waals surface area contributed by atoms with Gasteiger partial charge >= 0.3 is 17.9 Å². The zero-order valence-corrected chi connectivity index (χ0v) is 39.2. The van der Waals surface area contributed by atoms with E-state index in [0.717, 1.165) is 128 Å². The van der Waals surface area contributed by atoms with E-state index in [1.165, 1.54) is 64.2 Å². The number of hydrogen-bond donors (Lipinski definition) is 0. The molecule has 0 spiro atoms. The molecule has 0 N–H and O–H groups in total. The van der Waals surface area contributed by atoms with E-state index in [1.807, 2.05) is 0 Å². The number of carbonyl (C=O) groups excluding carboxylic acids is 3. The van der Waals surface area contributed by atoms with Gasteiger partial charge in [-0.2, -0.15) is 0 Å². The fraction of sp³-hybridized carbons (Fsp3) is 0.722. The molecule has 6 nitrogen and oxygen atoms in total. The first-order valence-corrected chi connectivity index (χ1v) is 24.9. The van der Waals surface area contributed by atoms with E-state index >= 15 is 0 Å². The lowest BCUT2D eigenvalue weighted by atomic mass is 10.1. The van der Waals surface area contributed by atoms with E-state index in [1.54, 1.807) is 0 Å². The van der Waals surface area contributed by atoms with Gasteiger partial charge in [0.05, 0.1) is 0 Å². The molecule has 344 valence electrons. The number of unbranched alkanes of at least 4 members (excludes halogenated alkanes) is 21. The van der Waals surface area contributed by atoms with Crippen LogP contribution in [0.25, 0.3) is 0 Å². The van der Waals surface area contributed by atoms with Gasteiger partial charge in [-0.25, -0.2) is 0 Å². The largest absolute Gasteiger partial charge is 0.462 e. The molecule has 0 aliphatic heterocycles. The molecule has 0 saturated carbocycles. The highest BCUT2D eigenvalue weighted by atomic mass is 16.6. The third-order valence-electron chi connectivity index (χ3n) is 10.4. The Morgan fingerprint density at radius 3 is 1.10 bits per heavy atom. The van der Waals surface area contributed by atoms with Crippen molar-refractivity contribution in [3.8, 4) is 0 Å². The number of carbonyl (C=O) groups is 3. The summed E-state index contributed by atoms with van der Waals surface area (Å²) < 4.78 is 16.7. The van der Waals surface area contributed by atoms with E-state index in [9.17, 15) is 14.4 Å². The van der Waals surface area contributed by atoms with Crippen LogP contribution in [0.5, 0.6) is 0 Å². The molecule has 0 fully saturated rings. The smallest absolute Gasteiger partial charge is 0.306 e. The van der Waals surface area contributed by atoms with Crippen LogP contribution < -0.4 is 0 Å². The van der Waals surface area contributed by atoms with Gasteiger partial charge in [0.25, 0.3) is 0 Å². The first kappa shape index (κ1) is 56.9. The van der Waals surface area contributed by atoms with Crippen LogP contribution >= 0.6 is 0 Å². The standard InChI is InChI=1S/C54H92O6/c1-4-7-10-13-16-19-22-24-26-27-29-30-32-35-38-41-44-47-53(56)59-50-51(49-58-52(55)46-43-40-37-34-21-18-15-12-9-6-3)60-54(57)48-45-42-39-36-33-31-28-25-23-20-17-14-11-8-5-2/h7,10,12,15-17,19-20,24-26,28,51H,4-6,8-9,11,13-14,18,21-23,27,29-50H2,1-3H3/b10-7-,15-12-,19-16-,20-17-,26-24-,28-25-. The zero-order valence-electron chi connectivity index (χ0n) is 39.2. The second kappa shape index (κ2) is 48.5. The van der Waals surface area contributed by atoms with Crippen LogP contribution in [-0.2, 0) is 28.6 Å². The summed E-state index contributed by atoms with van der Waals surface area (Å²) in [6, 6.07) is 0. The van der Waals surface area contributed by atoms with Crippen LogP contribution in [0.15, 0.2) is 72.9 Å². The molecule has 0 aromatic carbocycles. The Hall–Kier alpha value is -3.15. The number of hydrogen-bond acceptors (Lipinski definition) is 6. The molecule has 0 amide bonds. The van der Waals surface area contributed by atoms with Gasteiger partial charge < -0.3 is 14.2 Å². The van der Waals surface area contributed by atoms with Gasteiger partial charge in [0.15, 0.2) is 6.10 Å². The highest BCUT2D eigenvalue weighted by Gasteiger charge is 2.19. The van der Waals surface area contributed by atoms with Crippen molar-refractivity contribution in [2.75, 3.05) is 13.2 Å². The summed E-state index contributed by atoms with van der Waals surface area (Å²) in [5, 5.41) is 0. The second-order valence-electron chi connectivity index (χ2n) is 16.3. The van der Waals surface area contributed by atoms with Gasteiger partial charge in [0.1, 0.15) is 13.2 Å². The van der Waals surface area contributed by atoms with E-state index < -0.39 is 6.10 Å². The monoisotopic (exact) mass is 837 g/mol. The molecule has 60 heavy (non-hydrogen) atoms. The van der Waals surface area contributed by atoms with Gasteiger partial charge in [0.2, 0.25) is 0 Å². The third-order valence-corrected chi connectivity index (χ3v) is 10.4. The number of ether oxygens (including phenoxy) is 3. The SMILES string of the molecule is CC/C=C\C/C=C\C/C=C\CCCCCCCCCC(=O)OCC(COC(=O)CCCCCCC/C=C\CCC)OC(=O)CCCCCCC/C=C\C/C=C\CCCCC. The van der Waals surface area contributed by atoms with Crippen molar-refractivity contribution in [2.45, 2.75) is 239 Å². The van der Waals surface area contributed by atoms with Crippen molar-refractivity contribution in [2.24, 2.45) is 0 Å². The zero-order chi connectivity index (χ0) is 43.7. The fourth-order valence-corrected chi connectivity index (χ4v) is 6.66. The Kier molecular flexibility index (Phi) is 46.0. The van der Waals surface area contributed by atoms with Gasteiger partial charge in [-0.05, 0) is 103 Å². The van der Waals surface area contributed by atoms with E-state index in [4.69, 9.17) is 14.2 Å². The lowest BCUT2D eigenvalue weighted by Gasteiger charge is -2.18. The van der Waals surface area contributed by atoms with Crippen molar-refractivity contribution >= 4 is 17.9 Å². The van der Waals surface area contributed by atoms with Crippen LogP contribution in [0.3, 0.4) is 0 Å². The Morgan fingerprint density at radius 1 is 0.350 bits per heavy atom. The Bertz CT molecular complexity index is 1140. The molecule has 0 aliphatic rings. The number of rotatable bonds is 44. The van der Waals surface area contributed by atoms with Crippen molar-refractivity contribution in [3.63, 3.8) is 0 Å². The quantitative estimate of drug-likeness (QED) is 0.0263. The fourth-order valence-electron chi connectivity index (χ4n) is 6.66. The highest BCUT2D eigenvalue weighted by Crippen LogP contribution is 2.14.